The summed E-state index contributed by atoms with van der Waals surface area (Å²) in [5.74, 6) is -1.02. The molecule has 1 aromatic heterocycles. The fourth-order valence-corrected chi connectivity index (χ4v) is 2.95. The third-order valence-electron chi connectivity index (χ3n) is 2.23. The summed E-state index contributed by atoms with van der Waals surface area (Å²) < 4.78 is 0.683. The van der Waals surface area contributed by atoms with Crippen LogP contribution in [0.25, 0.3) is 0 Å². The molecule has 0 aliphatic rings. The van der Waals surface area contributed by atoms with Gasteiger partial charge in [-0.25, -0.2) is 4.79 Å². The maximum absolute atomic E-state index is 11.2. The van der Waals surface area contributed by atoms with Crippen LogP contribution in [0.15, 0.2) is 28.0 Å². The zero-order chi connectivity index (χ0) is 13.8. The summed E-state index contributed by atoms with van der Waals surface area (Å²) in [7, 11) is 0. The number of nitrogens with zero attached hydrogens (tertiary/aromatic N) is 3. The van der Waals surface area contributed by atoms with Crippen molar-refractivity contribution in [2.24, 2.45) is 0 Å². The third-order valence-corrected chi connectivity index (χ3v) is 4.14. The van der Waals surface area contributed by atoms with Crippen LogP contribution in [0.1, 0.15) is 15.9 Å². The molecule has 0 unspecified atom stereocenters. The molecule has 0 amide bonds. The summed E-state index contributed by atoms with van der Waals surface area (Å²) in [6.07, 6.45) is 0. The van der Waals surface area contributed by atoms with Gasteiger partial charge in [-0.2, -0.15) is 0 Å². The minimum Gasteiger partial charge on any atom is -0.477 e. The number of aromatic nitrogens is 2. The molecule has 0 spiro atoms. The van der Waals surface area contributed by atoms with Gasteiger partial charge in [0.25, 0.3) is 5.69 Å². The van der Waals surface area contributed by atoms with E-state index < -0.39 is 16.6 Å². The van der Waals surface area contributed by atoms with Gasteiger partial charge in [-0.15, -0.1) is 10.2 Å². The van der Waals surface area contributed by atoms with Gasteiger partial charge in [0, 0.05) is 11.8 Å². The van der Waals surface area contributed by atoms with Crippen molar-refractivity contribution < 1.29 is 14.8 Å². The summed E-state index contributed by atoms with van der Waals surface area (Å²) >= 11 is 2.62. The van der Waals surface area contributed by atoms with Gasteiger partial charge in [0.2, 0.25) is 0 Å². The molecule has 0 atom stereocenters. The monoisotopic (exact) mass is 297 g/mol. The van der Waals surface area contributed by atoms with Gasteiger partial charge in [0.05, 0.1) is 4.92 Å². The topological polar surface area (TPSA) is 106 Å². The molecule has 2 rings (SSSR count). The molecule has 2 aromatic rings. The number of carbonyl (C=O) groups is 1. The number of benzene rings is 1. The van der Waals surface area contributed by atoms with E-state index in [1.165, 1.54) is 35.2 Å². The van der Waals surface area contributed by atoms with Crippen LogP contribution in [0.2, 0.25) is 0 Å². The molecule has 19 heavy (non-hydrogen) atoms. The average Bonchev–Trinajstić information content (AvgIpc) is 2.88. The molecule has 1 N–H and O–H groups in total. The van der Waals surface area contributed by atoms with Crippen molar-refractivity contribution in [2.75, 3.05) is 0 Å². The standard InChI is InChI=1S/C10H7N3O4S2/c14-9(15)8-6(2-1-3-7(8)13(16)17)4-18-10-12-11-5-19-10/h1-3,5H,4H2,(H,14,15). The lowest BCUT2D eigenvalue weighted by Crippen LogP contribution is -2.06. The molecule has 0 aliphatic carbocycles. The number of carboxylic acids is 1. The summed E-state index contributed by atoms with van der Waals surface area (Å²) in [5.41, 5.74) is 1.28. The predicted molar refractivity (Wildman–Crippen MR) is 69.5 cm³/mol. The Kier molecular flexibility index (Phi) is 4.07. The van der Waals surface area contributed by atoms with Crippen LogP contribution in [0.5, 0.6) is 0 Å². The molecule has 0 saturated heterocycles. The van der Waals surface area contributed by atoms with Gasteiger partial charge in [-0.1, -0.05) is 35.2 Å². The Hall–Kier alpha value is -2.00. The quantitative estimate of drug-likeness (QED) is 0.513. The first-order valence-corrected chi connectivity index (χ1v) is 6.84. The Balaban J connectivity index is 2.31. The lowest BCUT2D eigenvalue weighted by molar-refractivity contribution is -0.385. The second-order valence-corrected chi connectivity index (χ2v) is 5.42. The van der Waals surface area contributed by atoms with E-state index in [2.05, 4.69) is 10.2 Å². The predicted octanol–water partition coefficient (Wildman–Crippen LogP) is 2.44. The maximum atomic E-state index is 11.2. The molecule has 0 aliphatic heterocycles. The zero-order valence-electron chi connectivity index (χ0n) is 9.35. The number of thioether (sulfide) groups is 1. The number of aromatic carboxylic acids is 1. The van der Waals surface area contributed by atoms with Crippen LogP contribution in [0.3, 0.4) is 0 Å². The fourth-order valence-electron chi connectivity index (χ4n) is 1.47. The molecule has 0 bridgehead atoms. The van der Waals surface area contributed by atoms with Crippen molar-refractivity contribution in [3.05, 3.63) is 45.0 Å². The van der Waals surface area contributed by atoms with E-state index in [4.69, 9.17) is 5.11 Å². The number of rotatable bonds is 5. The highest BCUT2D eigenvalue weighted by Crippen LogP contribution is 2.29. The van der Waals surface area contributed by atoms with Crippen LogP contribution in [-0.2, 0) is 5.75 Å². The number of carboxylic acid groups (broad SMARTS) is 1. The van der Waals surface area contributed by atoms with Crippen molar-refractivity contribution in [3.8, 4) is 0 Å². The van der Waals surface area contributed by atoms with Crippen molar-refractivity contribution in [1.82, 2.24) is 10.2 Å². The molecular formula is C10H7N3O4S2. The van der Waals surface area contributed by atoms with Crippen molar-refractivity contribution in [1.29, 1.82) is 0 Å². The number of nitro groups is 1. The van der Waals surface area contributed by atoms with Crippen LogP contribution < -0.4 is 0 Å². The second kappa shape index (κ2) is 5.76. The van der Waals surface area contributed by atoms with Crippen molar-refractivity contribution >= 4 is 34.8 Å². The molecule has 1 aromatic carbocycles. The molecule has 0 radical (unpaired) electrons. The molecule has 98 valence electrons. The van der Waals surface area contributed by atoms with Crippen LogP contribution >= 0.6 is 23.1 Å². The largest absolute Gasteiger partial charge is 0.477 e. The molecule has 7 nitrogen and oxygen atoms in total. The van der Waals surface area contributed by atoms with Gasteiger partial charge in [-0.05, 0) is 5.56 Å². The number of hydrogen-bond acceptors (Lipinski definition) is 7. The lowest BCUT2D eigenvalue weighted by Gasteiger charge is -2.05. The first kappa shape index (κ1) is 13.4. The lowest BCUT2D eigenvalue weighted by atomic mass is 10.1. The van der Waals surface area contributed by atoms with Gasteiger partial charge >= 0.3 is 5.97 Å². The minimum atomic E-state index is -1.31. The summed E-state index contributed by atoms with van der Waals surface area (Å²) in [6, 6.07) is 4.22. The van der Waals surface area contributed by atoms with E-state index >= 15 is 0 Å². The van der Waals surface area contributed by atoms with Gasteiger partial charge in [0.1, 0.15) is 11.1 Å². The molecule has 9 heteroatoms. The van der Waals surface area contributed by atoms with E-state index in [0.717, 1.165) is 0 Å². The number of nitro benzene ring substituents is 1. The Morgan fingerprint density at radius 2 is 2.32 bits per heavy atom. The van der Waals surface area contributed by atoms with Crippen LogP contribution in [-0.4, -0.2) is 26.2 Å². The highest BCUT2D eigenvalue weighted by atomic mass is 32.2. The zero-order valence-corrected chi connectivity index (χ0v) is 11.0. The molecule has 1 heterocycles. The first-order chi connectivity index (χ1) is 9.09. The third kappa shape index (κ3) is 3.06. The Morgan fingerprint density at radius 1 is 1.53 bits per heavy atom. The van der Waals surface area contributed by atoms with Crippen molar-refractivity contribution in [2.45, 2.75) is 10.1 Å². The summed E-state index contributed by atoms with van der Waals surface area (Å²) in [4.78, 5) is 21.3. The van der Waals surface area contributed by atoms with E-state index in [0.29, 0.717) is 15.7 Å². The second-order valence-electron chi connectivity index (χ2n) is 3.37. The van der Waals surface area contributed by atoms with E-state index in [9.17, 15) is 14.9 Å². The summed E-state index contributed by atoms with van der Waals surface area (Å²) in [5, 5.41) is 27.4. The fraction of sp³-hybridized carbons (Fsp3) is 0.100. The van der Waals surface area contributed by atoms with Gasteiger partial charge in [-0.3, -0.25) is 10.1 Å². The molecule has 0 saturated carbocycles. The minimum absolute atomic E-state index is 0.274. The average molecular weight is 297 g/mol. The van der Waals surface area contributed by atoms with E-state index in [1.807, 2.05) is 0 Å². The van der Waals surface area contributed by atoms with Crippen LogP contribution in [0, 0.1) is 10.1 Å². The highest BCUT2D eigenvalue weighted by molar-refractivity contribution is 8.00. The first-order valence-electron chi connectivity index (χ1n) is 4.98. The van der Waals surface area contributed by atoms with E-state index in [1.54, 1.807) is 11.6 Å². The normalized spacial score (nSPS) is 10.3. The van der Waals surface area contributed by atoms with E-state index in [-0.39, 0.29) is 5.56 Å². The van der Waals surface area contributed by atoms with Crippen molar-refractivity contribution in [3.63, 3.8) is 0 Å². The Bertz CT molecular complexity index is 615. The molecule has 0 fully saturated rings. The smallest absolute Gasteiger partial charge is 0.343 e. The SMILES string of the molecule is O=C(O)c1c(CSc2nncs2)cccc1[N+](=O)[O-]. The van der Waals surface area contributed by atoms with Gasteiger partial charge in [0.15, 0.2) is 4.34 Å². The Labute approximate surface area is 115 Å². The summed E-state index contributed by atoms with van der Waals surface area (Å²) in [6.45, 7) is 0. The Morgan fingerprint density at radius 3 is 2.89 bits per heavy atom. The molecular weight excluding hydrogens is 290 g/mol. The highest BCUT2D eigenvalue weighted by Gasteiger charge is 2.23. The maximum Gasteiger partial charge on any atom is 0.343 e. The van der Waals surface area contributed by atoms with Gasteiger partial charge < -0.3 is 5.11 Å². The van der Waals surface area contributed by atoms with Crippen LogP contribution in [0.4, 0.5) is 5.69 Å². The number of hydrogen-bond donors (Lipinski definition) is 1.